The first-order chi connectivity index (χ1) is 13.3. The molecule has 1 amide bonds. The summed E-state index contributed by atoms with van der Waals surface area (Å²) in [5, 5.41) is 0. The highest BCUT2D eigenvalue weighted by Gasteiger charge is 2.27. The zero-order chi connectivity index (χ0) is 20.1. The number of hydrogen-bond donors (Lipinski definition) is 0. The van der Waals surface area contributed by atoms with E-state index in [2.05, 4.69) is 12.1 Å². The molecule has 0 N–H and O–H groups in total. The van der Waals surface area contributed by atoms with E-state index in [-0.39, 0.29) is 18.1 Å². The smallest absolute Gasteiger partial charge is 0.243 e. The Morgan fingerprint density at radius 2 is 1.68 bits per heavy atom. The maximum absolute atomic E-state index is 13.1. The third kappa shape index (κ3) is 5.32. The van der Waals surface area contributed by atoms with Gasteiger partial charge in [0.15, 0.2) is 0 Å². The van der Waals surface area contributed by atoms with Crippen LogP contribution in [0.4, 0.5) is 10.1 Å². The van der Waals surface area contributed by atoms with Gasteiger partial charge in [0.25, 0.3) is 0 Å². The molecule has 0 spiro atoms. The predicted octanol–water partition coefficient (Wildman–Crippen LogP) is 3.07. The lowest BCUT2D eigenvalue weighted by Crippen LogP contribution is -2.45. The van der Waals surface area contributed by atoms with Crippen LogP contribution in [0.2, 0.25) is 0 Å². The molecule has 2 aromatic carbocycles. The van der Waals surface area contributed by atoms with Gasteiger partial charge in [0.1, 0.15) is 12.4 Å². The first kappa shape index (κ1) is 20.3. The van der Waals surface area contributed by atoms with Crippen molar-refractivity contribution >= 4 is 21.6 Å². The van der Waals surface area contributed by atoms with E-state index in [0.29, 0.717) is 19.0 Å². The van der Waals surface area contributed by atoms with Crippen LogP contribution < -0.4 is 4.31 Å². The Balaban J connectivity index is 1.60. The summed E-state index contributed by atoms with van der Waals surface area (Å²) in [7, 11) is -3.65. The van der Waals surface area contributed by atoms with Crippen LogP contribution in [-0.4, -0.2) is 45.1 Å². The highest BCUT2D eigenvalue weighted by Crippen LogP contribution is 2.23. The van der Waals surface area contributed by atoms with Crippen molar-refractivity contribution in [3.8, 4) is 0 Å². The Hall–Kier alpha value is -2.41. The van der Waals surface area contributed by atoms with Crippen molar-refractivity contribution < 1.29 is 17.6 Å². The summed E-state index contributed by atoms with van der Waals surface area (Å²) in [6.07, 6.45) is 3.84. The summed E-state index contributed by atoms with van der Waals surface area (Å²) in [6, 6.07) is 15.4. The fourth-order valence-electron chi connectivity index (χ4n) is 3.56. The van der Waals surface area contributed by atoms with E-state index in [1.807, 2.05) is 18.2 Å². The fourth-order valence-corrected chi connectivity index (χ4v) is 4.41. The number of carbonyl (C=O) groups excluding carboxylic acids is 1. The lowest BCUT2D eigenvalue weighted by molar-refractivity contribution is -0.130. The van der Waals surface area contributed by atoms with Crippen LogP contribution >= 0.6 is 0 Å². The number of halogens is 1. The van der Waals surface area contributed by atoms with Gasteiger partial charge < -0.3 is 4.90 Å². The molecule has 1 aliphatic rings. The molecule has 0 unspecified atom stereocenters. The number of benzene rings is 2. The average molecular weight is 405 g/mol. The van der Waals surface area contributed by atoms with Gasteiger partial charge in [-0.1, -0.05) is 30.3 Å². The van der Waals surface area contributed by atoms with Crippen molar-refractivity contribution in [2.24, 2.45) is 5.92 Å². The van der Waals surface area contributed by atoms with E-state index in [9.17, 15) is 17.6 Å². The molecule has 0 atom stereocenters. The molecule has 5 nitrogen and oxygen atoms in total. The predicted molar refractivity (Wildman–Crippen MR) is 108 cm³/mol. The van der Waals surface area contributed by atoms with Crippen molar-refractivity contribution in [3.05, 3.63) is 66.0 Å². The maximum atomic E-state index is 13.1. The Labute approximate surface area is 165 Å². The largest absolute Gasteiger partial charge is 0.341 e. The highest BCUT2D eigenvalue weighted by molar-refractivity contribution is 7.92. The molecule has 0 radical (unpaired) electrons. The van der Waals surface area contributed by atoms with Crippen molar-refractivity contribution in [3.63, 3.8) is 0 Å². The molecule has 0 bridgehead atoms. The van der Waals surface area contributed by atoms with Gasteiger partial charge in [-0.3, -0.25) is 9.10 Å². The minimum atomic E-state index is -3.65. The van der Waals surface area contributed by atoms with Crippen molar-refractivity contribution in [2.75, 3.05) is 30.2 Å². The van der Waals surface area contributed by atoms with Crippen LogP contribution in [0.25, 0.3) is 0 Å². The number of carbonyl (C=O) groups is 1. The molecule has 150 valence electrons. The summed E-state index contributed by atoms with van der Waals surface area (Å²) >= 11 is 0. The Bertz CT molecular complexity index is 893. The van der Waals surface area contributed by atoms with Crippen LogP contribution in [0.1, 0.15) is 18.4 Å². The molecule has 0 saturated carbocycles. The molecule has 1 heterocycles. The Morgan fingerprint density at radius 1 is 1.07 bits per heavy atom. The Kier molecular flexibility index (Phi) is 6.34. The van der Waals surface area contributed by atoms with Crippen molar-refractivity contribution in [2.45, 2.75) is 19.3 Å². The third-order valence-electron chi connectivity index (χ3n) is 5.13. The third-order valence-corrected chi connectivity index (χ3v) is 6.27. The Morgan fingerprint density at radius 3 is 2.25 bits per heavy atom. The molecule has 0 aromatic heterocycles. The number of sulfonamides is 1. The van der Waals surface area contributed by atoms with Gasteiger partial charge in [0.2, 0.25) is 15.9 Å². The van der Waals surface area contributed by atoms with Crippen molar-refractivity contribution in [1.82, 2.24) is 4.90 Å². The van der Waals surface area contributed by atoms with E-state index in [4.69, 9.17) is 0 Å². The average Bonchev–Trinajstić information content (AvgIpc) is 2.67. The van der Waals surface area contributed by atoms with Gasteiger partial charge in [0, 0.05) is 13.1 Å². The standard InChI is InChI=1S/C21H25FN2O3S/c1-28(26,27)24(20-9-7-19(22)8-10-20)16-21(25)23-13-11-18(12-14-23)15-17-5-3-2-4-6-17/h2-10,18H,11-16H2,1H3. The maximum Gasteiger partial charge on any atom is 0.243 e. The second kappa shape index (κ2) is 8.73. The number of anilines is 1. The summed E-state index contributed by atoms with van der Waals surface area (Å²) < 4.78 is 38.5. The lowest BCUT2D eigenvalue weighted by atomic mass is 9.90. The number of rotatable bonds is 6. The van der Waals surface area contributed by atoms with Crippen molar-refractivity contribution in [1.29, 1.82) is 0 Å². The van der Waals surface area contributed by atoms with Gasteiger partial charge in [-0.05, 0) is 55.0 Å². The van der Waals surface area contributed by atoms with E-state index >= 15 is 0 Å². The minimum absolute atomic E-state index is 0.229. The number of hydrogen-bond acceptors (Lipinski definition) is 3. The molecule has 7 heteroatoms. The number of amides is 1. The normalized spacial score (nSPS) is 15.4. The van der Waals surface area contributed by atoms with Crippen LogP contribution in [0.15, 0.2) is 54.6 Å². The van der Waals surface area contributed by atoms with Crippen LogP contribution in [0.3, 0.4) is 0 Å². The monoisotopic (exact) mass is 404 g/mol. The molecular formula is C21H25FN2O3S. The highest BCUT2D eigenvalue weighted by atomic mass is 32.2. The van der Waals surface area contributed by atoms with Crippen LogP contribution in [0, 0.1) is 11.7 Å². The fraction of sp³-hybridized carbons (Fsp3) is 0.381. The van der Waals surface area contributed by atoms with Crippen LogP contribution in [-0.2, 0) is 21.2 Å². The van der Waals surface area contributed by atoms with Gasteiger partial charge >= 0.3 is 0 Å². The van der Waals surface area contributed by atoms with Gasteiger partial charge in [-0.2, -0.15) is 0 Å². The lowest BCUT2D eigenvalue weighted by Gasteiger charge is -2.33. The number of likely N-dealkylation sites (tertiary alicyclic amines) is 1. The van der Waals surface area contributed by atoms with Gasteiger partial charge in [0.05, 0.1) is 11.9 Å². The van der Waals surface area contributed by atoms with Gasteiger partial charge in [-0.15, -0.1) is 0 Å². The minimum Gasteiger partial charge on any atom is -0.341 e. The zero-order valence-electron chi connectivity index (χ0n) is 15.9. The molecular weight excluding hydrogens is 379 g/mol. The molecule has 1 aliphatic heterocycles. The van der Waals surface area contributed by atoms with E-state index in [1.165, 1.54) is 29.8 Å². The summed E-state index contributed by atoms with van der Waals surface area (Å²) in [5.41, 5.74) is 1.59. The molecule has 2 aromatic rings. The van der Waals surface area contributed by atoms with E-state index < -0.39 is 15.8 Å². The molecule has 28 heavy (non-hydrogen) atoms. The summed E-state index contributed by atoms with van der Waals surface area (Å²) in [5.74, 6) is -0.161. The topological polar surface area (TPSA) is 57.7 Å². The quantitative estimate of drug-likeness (QED) is 0.744. The SMILES string of the molecule is CS(=O)(=O)N(CC(=O)N1CCC(Cc2ccccc2)CC1)c1ccc(F)cc1. The van der Waals surface area contributed by atoms with Gasteiger partial charge in [-0.25, -0.2) is 12.8 Å². The first-order valence-corrected chi connectivity index (χ1v) is 11.2. The summed E-state index contributed by atoms with van der Waals surface area (Å²) in [6.45, 7) is 0.975. The second-order valence-electron chi connectivity index (χ2n) is 7.26. The van der Waals surface area contributed by atoms with E-state index in [1.54, 1.807) is 4.90 Å². The number of piperidine rings is 1. The second-order valence-corrected chi connectivity index (χ2v) is 9.17. The van der Waals surface area contributed by atoms with Crippen LogP contribution in [0.5, 0.6) is 0 Å². The molecule has 3 rings (SSSR count). The number of nitrogens with zero attached hydrogens (tertiary/aromatic N) is 2. The molecule has 1 fully saturated rings. The molecule has 1 saturated heterocycles. The zero-order valence-corrected chi connectivity index (χ0v) is 16.7. The summed E-state index contributed by atoms with van der Waals surface area (Å²) in [4.78, 5) is 14.4. The van der Waals surface area contributed by atoms with E-state index in [0.717, 1.165) is 29.8 Å². The first-order valence-electron chi connectivity index (χ1n) is 9.38. The molecule has 0 aliphatic carbocycles.